The maximum Gasteiger partial charge on any atom is 0.244 e. The van der Waals surface area contributed by atoms with Gasteiger partial charge in [0, 0.05) is 12.2 Å². The fourth-order valence-electron chi connectivity index (χ4n) is 1.71. The third-order valence-corrected chi connectivity index (χ3v) is 2.86. The number of rotatable bonds is 6. The number of aryl methyl sites for hydroxylation is 1. The Morgan fingerprint density at radius 3 is 2.55 bits per heavy atom. The van der Waals surface area contributed by atoms with E-state index >= 15 is 0 Å². The summed E-state index contributed by atoms with van der Waals surface area (Å²) in [5.74, 6) is 1.78. The molecule has 0 aliphatic heterocycles. The monoisotopic (exact) mass is 271 g/mol. The summed E-state index contributed by atoms with van der Waals surface area (Å²) in [6, 6.07) is 8.30. The van der Waals surface area contributed by atoms with Gasteiger partial charge < -0.3 is 10.6 Å². The van der Waals surface area contributed by atoms with Gasteiger partial charge in [0.1, 0.15) is 0 Å². The highest BCUT2D eigenvalue weighted by atomic mass is 15.3. The van der Waals surface area contributed by atoms with Crippen LogP contribution in [0.3, 0.4) is 0 Å². The molecule has 0 aliphatic rings. The molecule has 1 heterocycles. The largest absolute Gasteiger partial charge is 0.353 e. The smallest absolute Gasteiger partial charge is 0.244 e. The predicted octanol–water partition coefficient (Wildman–Crippen LogP) is 3.25. The minimum Gasteiger partial charge on any atom is -0.353 e. The van der Waals surface area contributed by atoms with Crippen LogP contribution in [-0.2, 0) is 6.42 Å². The van der Waals surface area contributed by atoms with Crippen LogP contribution in [0.5, 0.6) is 0 Å². The lowest BCUT2D eigenvalue weighted by atomic mass is 10.1. The Hall–Kier alpha value is -2.17. The van der Waals surface area contributed by atoms with E-state index in [-0.39, 0.29) is 0 Å². The maximum atomic E-state index is 4.39. The van der Waals surface area contributed by atoms with E-state index in [1.165, 1.54) is 5.56 Å². The highest BCUT2D eigenvalue weighted by Gasteiger charge is 2.02. The Balaban J connectivity index is 2.02. The molecule has 0 saturated heterocycles. The average Bonchev–Trinajstić information content (AvgIpc) is 2.46. The second-order valence-electron chi connectivity index (χ2n) is 5.12. The molecule has 2 N–H and O–H groups in total. The Morgan fingerprint density at radius 2 is 1.90 bits per heavy atom. The molecule has 20 heavy (non-hydrogen) atoms. The lowest BCUT2D eigenvalue weighted by Crippen LogP contribution is -2.11. The van der Waals surface area contributed by atoms with Crippen LogP contribution in [0.2, 0.25) is 0 Å². The zero-order valence-electron chi connectivity index (χ0n) is 12.2. The summed E-state index contributed by atoms with van der Waals surface area (Å²) in [6.45, 7) is 7.25. The van der Waals surface area contributed by atoms with Crippen LogP contribution in [0.4, 0.5) is 17.5 Å². The highest BCUT2D eigenvalue weighted by Crippen LogP contribution is 2.15. The van der Waals surface area contributed by atoms with E-state index in [9.17, 15) is 0 Å². The SMILES string of the molecule is CCc1ccc(Nc2cnnc(NCC(C)C)n2)cc1. The zero-order valence-corrected chi connectivity index (χ0v) is 12.2. The van der Waals surface area contributed by atoms with Gasteiger partial charge in [0.15, 0.2) is 5.82 Å². The molecular formula is C15H21N5. The van der Waals surface area contributed by atoms with Gasteiger partial charge in [-0.15, -0.1) is 5.10 Å². The van der Waals surface area contributed by atoms with Gasteiger partial charge in [0.25, 0.3) is 0 Å². The number of nitrogens with one attached hydrogen (secondary N) is 2. The lowest BCUT2D eigenvalue weighted by molar-refractivity contribution is 0.682. The molecule has 0 radical (unpaired) electrons. The minimum absolute atomic E-state index is 0.539. The normalized spacial score (nSPS) is 10.6. The van der Waals surface area contributed by atoms with Crippen LogP contribution in [-0.4, -0.2) is 21.7 Å². The quantitative estimate of drug-likeness (QED) is 0.844. The Bertz CT molecular complexity index is 536. The number of benzene rings is 1. The number of hydrogen-bond acceptors (Lipinski definition) is 5. The molecule has 1 aromatic heterocycles. The number of hydrogen-bond donors (Lipinski definition) is 2. The van der Waals surface area contributed by atoms with Crippen LogP contribution >= 0.6 is 0 Å². The van der Waals surface area contributed by atoms with Gasteiger partial charge in [0.05, 0.1) is 6.20 Å². The van der Waals surface area contributed by atoms with Crippen molar-refractivity contribution in [1.29, 1.82) is 0 Å². The van der Waals surface area contributed by atoms with Crippen molar-refractivity contribution in [3.8, 4) is 0 Å². The first-order valence-corrected chi connectivity index (χ1v) is 6.97. The summed E-state index contributed by atoms with van der Waals surface area (Å²) in [6.07, 6.45) is 2.66. The summed E-state index contributed by atoms with van der Waals surface area (Å²) in [4.78, 5) is 4.39. The van der Waals surface area contributed by atoms with E-state index in [0.717, 1.165) is 18.7 Å². The second-order valence-corrected chi connectivity index (χ2v) is 5.12. The maximum absolute atomic E-state index is 4.39. The van der Waals surface area contributed by atoms with Gasteiger partial charge in [-0.1, -0.05) is 32.9 Å². The van der Waals surface area contributed by atoms with Gasteiger partial charge in [-0.3, -0.25) is 0 Å². The molecule has 0 spiro atoms. The Labute approximate surface area is 119 Å². The molecule has 0 unspecified atom stereocenters. The van der Waals surface area contributed by atoms with Gasteiger partial charge >= 0.3 is 0 Å². The fourth-order valence-corrected chi connectivity index (χ4v) is 1.71. The predicted molar refractivity (Wildman–Crippen MR) is 82.3 cm³/mol. The number of nitrogens with zero attached hydrogens (tertiary/aromatic N) is 3. The van der Waals surface area contributed by atoms with Crippen LogP contribution in [0.15, 0.2) is 30.5 Å². The first kappa shape index (κ1) is 14.2. The van der Waals surface area contributed by atoms with Crippen LogP contribution in [0.1, 0.15) is 26.3 Å². The van der Waals surface area contributed by atoms with E-state index in [0.29, 0.717) is 17.7 Å². The molecule has 0 bridgehead atoms. The highest BCUT2D eigenvalue weighted by molar-refractivity contribution is 5.56. The first-order valence-electron chi connectivity index (χ1n) is 6.97. The van der Waals surface area contributed by atoms with E-state index in [4.69, 9.17) is 0 Å². The first-order chi connectivity index (χ1) is 9.67. The molecule has 0 atom stereocenters. The lowest BCUT2D eigenvalue weighted by Gasteiger charge is -2.09. The molecule has 0 fully saturated rings. The Kier molecular flexibility index (Phi) is 4.87. The van der Waals surface area contributed by atoms with E-state index in [1.54, 1.807) is 6.20 Å². The third kappa shape index (κ3) is 4.19. The zero-order chi connectivity index (χ0) is 14.4. The third-order valence-electron chi connectivity index (χ3n) is 2.86. The topological polar surface area (TPSA) is 62.7 Å². The molecule has 2 aromatic rings. The van der Waals surface area contributed by atoms with E-state index < -0.39 is 0 Å². The molecular weight excluding hydrogens is 250 g/mol. The van der Waals surface area contributed by atoms with Crippen molar-refractivity contribution in [2.75, 3.05) is 17.2 Å². The molecule has 0 saturated carbocycles. The molecule has 5 nitrogen and oxygen atoms in total. The van der Waals surface area contributed by atoms with Crippen LogP contribution < -0.4 is 10.6 Å². The molecule has 0 aliphatic carbocycles. The van der Waals surface area contributed by atoms with E-state index in [1.807, 2.05) is 12.1 Å². The van der Waals surface area contributed by atoms with Gasteiger partial charge in [-0.2, -0.15) is 10.1 Å². The second kappa shape index (κ2) is 6.84. The van der Waals surface area contributed by atoms with Crippen molar-refractivity contribution in [2.24, 2.45) is 5.92 Å². The molecule has 0 amide bonds. The van der Waals surface area contributed by atoms with Crippen molar-refractivity contribution in [3.63, 3.8) is 0 Å². The summed E-state index contributed by atoms with van der Waals surface area (Å²) >= 11 is 0. The van der Waals surface area contributed by atoms with E-state index in [2.05, 4.69) is 58.7 Å². The Morgan fingerprint density at radius 1 is 1.15 bits per heavy atom. The molecule has 5 heteroatoms. The van der Waals surface area contributed by atoms with Gasteiger partial charge in [0.2, 0.25) is 5.95 Å². The van der Waals surface area contributed by atoms with Crippen molar-refractivity contribution in [2.45, 2.75) is 27.2 Å². The summed E-state index contributed by atoms with van der Waals surface area (Å²) in [5.41, 5.74) is 2.31. The van der Waals surface area contributed by atoms with Crippen molar-refractivity contribution >= 4 is 17.5 Å². The van der Waals surface area contributed by atoms with Crippen molar-refractivity contribution < 1.29 is 0 Å². The molecule has 2 rings (SSSR count). The minimum atomic E-state index is 0.539. The summed E-state index contributed by atoms with van der Waals surface area (Å²) in [5, 5.41) is 14.3. The number of aromatic nitrogens is 3. The number of anilines is 3. The average molecular weight is 271 g/mol. The summed E-state index contributed by atoms with van der Waals surface area (Å²) < 4.78 is 0. The van der Waals surface area contributed by atoms with Gasteiger partial charge in [-0.05, 0) is 30.0 Å². The van der Waals surface area contributed by atoms with Crippen LogP contribution in [0.25, 0.3) is 0 Å². The summed E-state index contributed by atoms with van der Waals surface area (Å²) in [7, 11) is 0. The van der Waals surface area contributed by atoms with Crippen molar-refractivity contribution in [1.82, 2.24) is 15.2 Å². The van der Waals surface area contributed by atoms with Crippen molar-refractivity contribution in [3.05, 3.63) is 36.0 Å². The fraction of sp³-hybridized carbons (Fsp3) is 0.400. The van der Waals surface area contributed by atoms with Gasteiger partial charge in [-0.25, -0.2) is 0 Å². The standard InChI is InChI=1S/C15H21N5/c1-4-12-5-7-13(8-6-12)18-14-10-17-20-15(19-14)16-9-11(2)3/h5-8,10-11H,4,9H2,1-3H3,(H2,16,18,19,20). The molecule has 106 valence electrons. The van der Waals surface area contributed by atoms with Crippen LogP contribution in [0, 0.1) is 5.92 Å². The molecule has 1 aromatic carbocycles.